The number of thiocarbonyl (C=S) groups is 2. The van der Waals surface area contributed by atoms with Crippen LogP contribution in [0.15, 0.2) is 0 Å². The molecule has 2 saturated heterocycles. The lowest BCUT2D eigenvalue weighted by molar-refractivity contribution is -0.125. The summed E-state index contributed by atoms with van der Waals surface area (Å²) >= 11 is 11.1. The molecule has 0 aromatic carbocycles. The van der Waals surface area contributed by atoms with Gasteiger partial charge in [0.25, 0.3) is 0 Å². The maximum absolute atomic E-state index is 12.6. The van der Waals surface area contributed by atoms with E-state index in [1.165, 1.54) is 4.90 Å². The van der Waals surface area contributed by atoms with Crippen molar-refractivity contribution in [2.24, 2.45) is 10.8 Å². The van der Waals surface area contributed by atoms with Crippen LogP contribution in [0.25, 0.3) is 0 Å². The van der Waals surface area contributed by atoms with Gasteiger partial charge < -0.3 is 15.1 Å². The Kier molecular flexibility index (Phi) is 11.2. The number of rotatable bonds is 15. The van der Waals surface area contributed by atoms with Crippen molar-refractivity contribution in [3.8, 4) is 0 Å². The summed E-state index contributed by atoms with van der Waals surface area (Å²) < 4.78 is 25.0. The second-order valence-corrected chi connectivity index (χ2v) is 15.0. The van der Waals surface area contributed by atoms with E-state index in [4.69, 9.17) is 24.4 Å². The van der Waals surface area contributed by atoms with Gasteiger partial charge in [0.1, 0.15) is 4.99 Å². The zero-order valence-corrected chi connectivity index (χ0v) is 24.9. The van der Waals surface area contributed by atoms with Crippen LogP contribution < -0.4 is 5.32 Å². The monoisotopic (exact) mass is 564 g/mol. The van der Waals surface area contributed by atoms with Gasteiger partial charge in [0.15, 0.2) is 5.11 Å². The number of nitrogens with zero attached hydrogens (tertiary/aromatic N) is 3. The van der Waals surface area contributed by atoms with Gasteiger partial charge in [0.2, 0.25) is 5.91 Å². The standard InChI is InChI=1S/C23H40N4O4S4/c1-6-25-15-19(32)27(21(25)33)17-23(4,5)9-13-35(31)11-7-10-34(30)12-8-22(2,3)16-26-18(28)14-24-20(26)29/h6-17H2,1-5H3,(H,24,29). The van der Waals surface area contributed by atoms with E-state index < -0.39 is 21.6 Å². The molecule has 0 radical (unpaired) electrons. The Balaban J connectivity index is 1.66. The van der Waals surface area contributed by atoms with Gasteiger partial charge in [-0.05, 0) is 49.2 Å². The molecule has 0 spiro atoms. The molecule has 12 heteroatoms. The van der Waals surface area contributed by atoms with Crippen LogP contribution in [0.5, 0.6) is 0 Å². The smallest absolute Gasteiger partial charge is 0.324 e. The minimum Gasteiger partial charge on any atom is -0.342 e. The van der Waals surface area contributed by atoms with Crippen molar-refractivity contribution in [1.29, 1.82) is 0 Å². The van der Waals surface area contributed by atoms with Crippen molar-refractivity contribution in [3.05, 3.63) is 0 Å². The second kappa shape index (κ2) is 13.0. The van der Waals surface area contributed by atoms with Gasteiger partial charge in [0.05, 0.1) is 13.1 Å². The highest BCUT2D eigenvalue weighted by Crippen LogP contribution is 2.26. The SMILES string of the molecule is CCN1CC(=S)N(CC(C)(C)CCS(=O)CCCS(=O)CCC(C)(C)CN2C(=O)CNC2=O)C1=S. The molecule has 1 N–H and O–H groups in total. The number of carbonyl (C=O) groups excluding carboxylic acids is 2. The predicted octanol–water partition coefficient (Wildman–Crippen LogP) is 2.51. The van der Waals surface area contributed by atoms with Crippen LogP contribution in [-0.2, 0) is 26.4 Å². The molecule has 2 aliphatic heterocycles. The van der Waals surface area contributed by atoms with Gasteiger partial charge in [-0.2, -0.15) is 0 Å². The Hall–Kier alpha value is -0.980. The molecule has 0 bridgehead atoms. The zero-order chi connectivity index (χ0) is 26.4. The Morgan fingerprint density at radius 3 is 1.83 bits per heavy atom. The van der Waals surface area contributed by atoms with Crippen LogP contribution >= 0.6 is 24.4 Å². The van der Waals surface area contributed by atoms with Gasteiger partial charge in [-0.3, -0.25) is 18.1 Å². The first-order valence-corrected chi connectivity index (χ1v) is 15.9. The first-order chi connectivity index (χ1) is 16.2. The van der Waals surface area contributed by atoms with E-state index in [0.29, 0.717) is 48.9 Å². The summed E-state index contributed by atoms with van der Waals surface area (Å²) in [5, 5.41) is 3.31. The van der Waals surface area contributed by atoms with E-state index in [1.807, 2.05) is 18.7 Å². The minimum absolute atomic E-state index is 0.0474. The Morgan fingerprint density at radius 1 is 0.886 bits per heavy atom. The highest BCUT2D eigenvalue weighted by molar-refractivity contribution is 7.85. The fourth-order valence-electron chi connectivity index (χ4n) is 3.99. The van der Waals surface area contributed by atoms with Crippen molar-refractivity contribution in [2.45, 2.75) is 53.9 Å². The quantitative estimate of drug-likeness (QED) is 0.240. The Bertz CT molecular complexity index is 862. The molecule has 0 aliphatic carbocycles. The lowest BCUT2D eigenvalue weighted by Gasteiger charge is -2.31. The summed E-state index contributed by atoms with van der Waals surface area (Å²) in [6.07, 6.45) is 2.09. The molecular formula is C23H40N4O4S4. The second-order valence-electron chi connectivity index (χ2n) is 10.8. The number of amides is 3. The Labute approximate surface area is 225 Å². The fraction of sp³-hybridized carbons (Fsp3) is 0.826. The van der Waals surface area contributed by atoms with Gasteiger partial charge in [-0.25, -0.2) is 4.79 Å². The molecule has 2 fully saturated rings. The molecule has 2 rings (SSSR count). The Morgan fingerprint density at radius 2 is 1.40 bits per heavy atom. The lowest BCUT2D eigenvalue weighted by atomic mass is 9.89. The first-order valence-electron chi connectivity index (χ1n) is 12.1. The maximum atomic E-state index is 12.6. The molecule has 8 nitrogen and oxygen atoms in total. The molecular weight excluding hydrogens is 525 g/mol. The van der Waals surface area contributed by atoms with Crippen LogP contribution in [-0.4, -0.2) is 101 Å². The van der Waals surface area contributed by atoms with E-state index in [2.05, 4.69) is 31.0 Å². The first kappa shape index (κ1) is 30.2. The molecule has 200 valence electrons. The van der Waals surface area contributed by atoms with E-state index in [1.54, 1.807) is 0 Å². The van der Waals surface area contributed by atoms with Crippen LogP contribution in [0.4, 0.5) is 4.79 Å². The molecule has 2 unspecified atom stereocenters. The highest BCUT2D eigenvalue weighted by atomic mass is 32.2. The summed E-state index contributed by atoms with van der Waals surface area (Å²) in [6, 6.07) is -0.358. The van der Waals surface area contributed by atoms with Crippen molar-refractivity contribution >= 4 is 68.1 Å². The van der Waals surface area contributed by atoms with E-state index in [9.17, 15) is 18.0 Å². The number of hydrogen-bond donors (Lipinski definition) is 1. The largest absolute Gasteiger partial charge is 0.342 e. The van der Waals surface area contributed by atoms with Crippen LogP contribution in [0, 0.1) is 10.8 Å². The van der Waals surface area contributed by atoms with Crippen molar-refractivity contribution < 1.29 is 18.0 Å². The van der Waals surface area contributed by atoms with Gasteiger partial charge in [-0.15, -0.1) is 0 Å². The summed E-state index contributed by atoms with van der Waals surface area (Å²) in [6.45, 7) is 13.0. The van der Waals surface area contributed by atoms with Crippen molar-refractivity contribution in [3.63, 3.8) is 0 Å². The van der Waals surface area contributed by atoms with Gasteiger partial charge in [-0.1, -0.05) is 39.9 Å². The van der Waals surface area contributed by atoms with Gasteiger partial charge >= 0.3 is 6.03 Å². The normalized spacial score (nSPS) is 19.1. The number of urea groups is 1. The number of imide groups is 1. The summed E-state index contributed by atoms with van der Waals surface area (Å²) in [5.74, 6) is 1.93. The average molecular weight is 565 g/mol. The van der Waals surface area contributed by atoms with Crippen molar-refractivity contribution in [2.75, 3.05) is 55.7 Å². The third-order valence-corrected chi connectivity index (χ3v) is 10.0. The lowest BCUT2D eigenvalue weighted by Crippen LogP contribution is -2.39. The molecule has 0 saturated carbocycles. The van der Waals surface area contributed by atoms with Crippen LogP contribution in [0.3, 0.4) is 0 Å². The van der Waals surface area contributed by atoms with E-state index >= 15 is 0 Å². The van der Waals surface area contributed by atoms with Crippen molar-refractivity contribution in [1.82, 2.24) is 20.0 Å². The average Bonchev–Trinajstić information content (AvgIpc) is 3.23. The van der Waals surface area contributed by atoms with Crippen LogP contribution in [0.2, 0.25) is 0 Å². The summed E-state index contributed by atoms with van der Waals surface area (Å²) in [5.41, 5.74) is -0.384. The minimum atomic E-state index is -1.02. The summed E-state index contributed by atoms with van der Waals surface area (Å²) in [4.78, 5) is 29.8. The highest BCUT2D eigenvalue weighted by Gasteiger charge is 2.34. The molecule has 2 heterocycles. The maximum Gasteiger partial charge on any atom is 0.324 e. The zero-order valence-electron chi connectivity index (χ0n) is 21.6. The predicted molar refractivity (Wildman–Crippen MR) is 151 cm³/mol. The molecule has 2 aliphatic rings. The molecule has 2 atom stereocenters. The molecule has 3 amide bonds. The summed E-state index contributed by atoms with van der Waals surface area (Å²) in [7, 11) is -1.98. The number of likely N-dealkylation sites (N-methyl/N-ethyl adjacent to an activating group) is 1. The van der Waals surface area contributed by atoms with E-state index in [-0.39, 0.29) is 29.3 Å². The molecule has 35 heavy (non-hydrogen) atoms. The third-order valence-electron chi connectivity index (χ3n) is 6.38. The topological polar surface area (TPSA) is 90.0 Å². The molecule has 0 aromatic rings. The number of carbonyl (C=O) groups is 2. The third kappa shape index (κ3) is 9.44. The number of nitrogens with one attached hydrogen (secondary N) is 1. The number of hydrogen-bond acceptors (Lipinski definition) is 6. The van der Waals surface area contributed by atoms with E-state index in [0.717, 1.165) is 29.6 Å². The molecule has 0 aromatic heterocycles. The van der Waals surface area contributed by atoms with Gasteiger partial charge in [0, 0.05) is 64.2 Å². The fourth-order valence-corrected chi connectivity index (χ4v) is 7.81. The van der Waals surface area contributed by atoms with Crippen LogP contribution in [0.1, 0.15) is 53.9 Å².